The Morgan fingerprint density at radius 2 is 2.40 bits per heavy atom. The van der Waals surface area contributed by atoms with Crippen LogP contribution in [0.25, 0.3) is 0 Å². The fraction of sp³-hybridized carbons (Fsp3) is 0.833. The third kappa shape index (κ3) is 3.42. The average Bonchev–Trinajstić information content (AvgIpc) is 1.89. The Morgan fingerprint density at radius 3 is 2.70 bits per heavy atom. The summed E-state index contributed by atoms with van der Waals surface area (Å²) in [5, 5.41) is 2.78. The van der Waals surface area contributed by atoms with Gasteiger partial charge in [0.2, 0.25) is 5.91 Å². The Morgan fingerprint density at radius 1 is 1.80 bits per heavy atom. The summed E-state index contributed by atoms with van der Waals surface area (Å²) in [5.41, 5.74) is 5.03. The van der Waals surface area contributed by atoms with E-state index in [9.17, 15) is 4.79 Å². The molecule has 0 saturated carbocycles. The van der Waals surface area contributed by atoms with Crippen molar-refractivity contribution in [1.82, 2.24) is 5.32 Å². The zero-order valence-electron chi connectivity index (χ0n) is 6.39. The summed E-state index contributed by atoms with van der Waals surface area (Å²) in [6.07, 6.45) is 0.627. The van der Waals surface area contributed by atoms with Gasteiger partial charge in [0.25, 0.3) is 0 Å². The number of primary amides is 1. The normalized spacial score (nSPS) is 13.0. The maximum Gasteiger partial charge on any atom is 0.234 e. The van der Waals surface area contributed by atoms with Gasteiger partial charge in [0.1, 0.15) is 0 Å². The number of methoxy groups -OCH3 is 1. The van der Waals surface area contributed by atoms with Crippen molar-refractivity contribution in [3.8, 4) is 0 Å². The largest absolute Gasteiger partial charge is 0.385 e. The minimum atomic E-state index is -0.334. The molecule has 0 bridgehead atoms. The number of carbonyl (C=O) groups excluding carboxylic acids is 1. The quantitative estimate of drug-likeness (QED) is 0.528. The molecule has 0 aromatic rings. The molecule has 0 spiro atoms. The number of ether oxygens (including phenoxy) is 1. The molecule has 0 rings (SSSR count). The van der Waals surface area contributed by atoms with Crippen molar-refractivity contribution < 1.29 is 9.53 Å². The number of amides is 1. The molecule has 0 radical (unpaired) electrons. The summed E-state index contributed by atoms with van der Waals surface area (Å²) in [5.74, 6) is -0.334. The summed E-state index contributed by atoms with van der Waals surface area (Å²) < 4.78 is 4.78. The van der Waals surface area contributed by atoms with E-state index in [0.717, 1.165) is 0 Å². The van der Waals surface area contributed by atoms with Gasteiger partial charge in [-0.1, -0.05) is 0 Å². The molecule has 0 aliphatic rings. The molecule has 0 saturated heterocycles. The molecule has 0 aliphatic heterocycles. The van der Waals surface area contributed by atoms with Crippen LogP contribution in [-0.2, 0) is 9.53 Å². The van der Waals surface area contributed by atoms with Gasteiger partial charge in [0, 0.05) is 13.7 Å². The van der Waals surface area contributed by atoms with E-state index in [0.29, 0.717) is 13.0 Å². The highest BCUT2D eigenvalue weighted by Gasteiger charge is 2.10. The Bertz CT molecular complexity index is 106. The molecule has 0 fully saturated rings. The number of hydrogen-bond acceptors (Lipinski definition) is 3. The van der Waals surface area contributed by atoms with E-state index in [4.69, 9.17) is 10.5 Å². The van der Waals surface area contributed by atoms with Gasteiger partial charge in [0.05, 0.1) is 6.04 Å². The van der Waals surface area contributed by atoms with E-state index in [1.165, 1.54) is 0 Å². The standard InChI is InChI=1S/C6H14N2O2/c1-8-5(6(7)9)3-4-10-2/h5,8H,3-4H2,1-2H3,(H2,7,9)/t5-/m0/s1. The Balaban J connectivity index is 3.50. The number of carbonyl (C=O) groups is 1. The zero-order valence-corrected chi connectivity index (χ0v) is 6.39. The monoisotopic (exact) mass is 146 g/mol. The number of nitrogens with one attached hydrogen (secondary N) is 1. The molecule has 4 heteroatoms. The topological polar surface area (TPSA) is 64.3 Å². The van der Waals surface area contributed by atoms with Crippen LogP contribution >= 0.6 is 0 Å². The minimum Gasteiger partial charge on any atom is -0.385 e. The first-order chi connectivity index (χ1) is 4.72. The second kappa shape index (κ2) is 5.20. The summed E-state index contributed by atoms with van der Waals surface area (Å²) in [7, 11) is 3.29. The lowest BCUT2D eigenvalue weighted by molar-refractivity contribution is -0.120. The maximum absolute atomic E-state index is 10.5. The fourth-order valence-electron chi connectivity index (χ4n) is 0.665. The Hall–Kier alpha value is -0.610. The molecule has 0 heterocycles. The molecular formula is C6H14N2O2. The minimum absolute atomic E-state index is 0.264. The molecule has 1 amide bonds. The molecule has 0 unspecified atom stereocenters. The highest BCUT2D eigenvalue weighted by molar-refractivity contribution is 5.79. The van der Waals surface area contributed by atoms with Gasteiger partial charge >= 0.3 is 0 Å². The van der Waals surface area contributed by atoms with E-state index >= 15 is 0 Å². The molecule has 0 aliphatic carbocycles. The molecule has 0 aromatic carbocycles. The van der Waals surface area contributed by atoms with Crippen molar-refractivity contribution in [2.45, 2.75) is 12.5 Å². The van der Waals surface area contributed by atoms with Crippen molar-refractivity contribution in [3.63, 3.8) is 0 Å². The van der Waals surface area contributed by atoms with Crippen molar-refractivity contribution in [3.05, 3.63) is 0 Å². The van der Waals surface area contributed by atoms with Crippen molar-refractivity contribution in [1.29, 1.82) is 0 Å². The zero-order chi connectivity index (χ0) is 7.98. The lowest BCUT2D eigenvalue weighted by atomic mass is 10.2. The van der Waals surface area contributed by atoms with E-state index in [1.807, 2.05) is 0 Å². The smallest absolute Gasteiger partial charge is 0.234 e. The van der Waals surface area contributed by atoms with Crippen LogP contribution in [0, 0.1) is 0 Å². The number of hydrogen-bond donors (Lipinski definition) is 2. The van der Waals surface area contributed by atoms with Gasteiger partial charge in [-0.2, -0.15) is 0 Å². The van der Waals surface area contributed by atoms with Crippen molar-refractivity contribution in [2.75, 3.05) is 20.8 Å². The Kier molecular flexibility index (Phi) is 4.88. The third-order valence-electron chi connectivity index (χ3n) is 1.30. The van der Waals surface area contributed by atoms with Gasteiger partial charge in [-0.05, 0) is 13.5 Å². The van der Waals surface area contributed by atoms with Crippen LogP contribution in [-0.4, -0.2) is 32.7 Å². The second-order valence-electron chi connectivity index (χ2n) is 2.03. The van der Waals surface area contributed by atoms with Crippen LogP contribution in [0.1, 0.15) is 6.42 Å². The first kappa shape index (κ1) is 9.39. The van der Waals surface area contributed by atoms with E-state index in [2.05, 4.69) is 5.32 Å². The summed E-state index contributed by atoms with van der Waals surface area (Å²) >= 11 is 0. The predicted molar refractivity (Wildman–Crippen MR) is 38.5 cm³/mol. The lowest BCUT2D eigenvalue weighted by Gasteiger charge is -2.10. The van der Waals surface area contributed by atoms with Crippen molar-refractivity contribution >= 4 is 5.91 Å². The van der Waals surface area contributed by atoms with Gasteiger partial charge in [-0.3, -0.25) is 4.79 Å². The van der Waals surface area contributed by atoms with E-state index in [-0.39, 0.29) is 11.9 Å². The van der Waals surface area contributed by atoms with Crippen molar-refractivity contribution in [2.24, 2.45) is 5.73 Å². The lowest BCUT2D eigenvalue weighted by Crippen LogP contribution is -2.39. The highest BCUT2D eigenvalue weighted by Crippen LogP contribution is 1.89. The van der Waals surface area contributed by atoms with Crippen LogP contribution in [0.3, 0.4) is 0 Å². The second-order valence-corrected chi connectivity index (χ2v) is 2.03. The third-order valence-corrected chi connectivity index (χ3v) is 1.30. The van der Waals surface area contributed by atoms with Gasteiger partial charge < -0.3 is 15.8 Å². The fourth-order valence-corrected chi connectivity index (χ4v) is 0.665. The average molecular weight is 146 g/mol. The first-order valence-corrected chi connectivity index (χ1v) is 3.18. The maximum atomic E-state index is 10.5. The SMILES string of the molecule is CN[C@@H](CCOC)C(N)=O. The molecule has 4 nitrogen and oxygen atoms in total. The van der Waals surface area contributed by atoms with E-state index in [1.54, 1.807) is 14.2 Å². The van der Waals surface area contributed by atoms with Crippen LogP contribution in [0.2, 0.25) is 0 Å². The molecule has 3 N–H and O–H groups in total. The van der Waals surface area contributed by atoms with Gasteiger partial charge in [-0.15, -0.1) is 0 Å². The first-order valence-electron chi connectivity index (χ1n) is 3.18. The molecular weight excluding hydrogens is 132 g/mol. The van der Waals surface area contributed by atoms with Gasteiger partial charge in [-0.25, -0.2) is 0 Å². The van der Waals surface area contributed by atoms with E-state index < -0.39 is 0 Å². The molecule has 0 aromatic heterocycles. The number of rotatable bonds is 5. The van der Waals surface area contributed by atoms with Crippen LogP contribution < -0.4 is 11.1 Å². The summed E-state index contributed by atoms with van der Waals surface area (Å²) in [6, 6.07) is -0.264. The number of nitrogens with two attached hydrogens (primary N) is 1. The summed E-state index contributed by atoms with van der Waals surface area (Å²) in [4.78, 5) is 10.5. The predicted octanol–water partition coefficient (Wildman–Crippen LogP) is -0.904. The summed E-state index contributed by atoms with van der Waals surface area (Å²) in [6.45, 7) is 0.550. The van der Waals surface area contributed by atoms with Crippen LogP contribution in [0.4, 0.5) is 0 Å². The molecule has 60 valence electrons. The van der Waals surface area contributed by atoms with Crippen LogP contribution in [0.5, 0.6) is 0 Å². The van der Waals surface area contributed by atoms with Crippen LogP contribution in [0.15, 0.2) is 0 Å². The Labute approximate surface area is 60.7 Å². The highest BCUT2D eigenvalue weighted by atomic mass is 16.5. The van der Waals surface area contributed by atoms with Gasteiger partial charge in [0.15, 0.2) is 0 Å². The molecule has 1 atom stereocenters. The molecule has 10 heavy (non-hydrogen) atoms. The number of likely N-dealkylation sites (N-methyl/N-ethyl adjacent to an activating group) is 1.